The second-order valence-electron chi connectivity index (χ2n) is 5.62. The molecule has 0 spiro atoms. The molecular formula is C13H15ClF3N3. The minimum atomic E-state index is -4.50. The predicted octanol–water partition coefficient (Wildman–Crippen LogP) is 3.83. The third kappa shape index (κ3) is 2.57. The van der Waals surface area contributed by atoms with Crippen molar-refractivity contribution in [1.82, 2.24) is 9.97 Å². The van der Waals surface area contributed by atoms with Crippen LogP contribution in [0.15, 0.2) is 6.20 Å². The van der Waals surface area contributed by atoms with E-state index in [0.29, 0.717) is 11.8 Å². The number of aromatic nitrogens is 2. The van der Waals surface area contributed by atoms with Crippen molar-refractivity contribution in [2.45, 2.75) is 43.8 Å². The lowest BCUT2D eigenvalue weighted by molar-refractivity contribution is -0.141. The van der Waals surface area contributed by atoms with Crippen molar-refractivity contribution < 1.29 is 13.2 Å². The summed E-state index contributed by atoms with van der Waals surface area (Å²) in [6.45, 7) is 0. The first-order chi connectivity index (χ1) is 9.47. The molecule has 2 fully saturated rings. The standard InChI is InChI=1S/C13H15ClF3N3/c14-5-9-6-18-12(20-11(9)13(15,16)17)19-10-4-7-1-2-8(10)3-7/h6-8,10H,1-5H2,(H,18,19,20)/t7-,8+,10+/m0/s1. The monoisotopic (exact) mass is 305 g/mol. The summed E-state index contributed by atoms with van der Waals surface area (Å²) >= 11 is 5.51. The SMILES string of the molecule is FC(F)(F)c1nc(N[C@@H]2C[C@H]3CC[C@@H]2C3)ncc1CCl. The van der Waals surface area contributed by atoms with Crippen LogP contribution in [0.5, 0.6) is 0 Å². The molecule has 7 heteroatoms. The molecule has 20 heavy (non-hydrogen) atoms. The average molecular weight is 306 g/mol. The molecule has 0 amide bonds. The third-order valence-electron chi connectivity index (χ3n) is 4.33. The van der Waals surface area contributed by atoms with Crippen LogP contribution in [0.4, 0.5) is 19.1 Å². The van der Waals surface area contributed by atoms with Crippen LogP contribution in [0, 0.1) is 11.8 Å². The molecule has 2 aliphatic carbocycles. The summed E-state index contributed by atoms with van der Waals surface area (Å²) in [5.74, 6) is 1.07. The van der Waals surface area contributed by atoms with Gasteiger partial charge in [0.15, 0.2) is 5.69 Å². The molecule has 2 bridgehead atoms. The molecule has 2 saturated carbocycles. The van der Waals surface area contributed by atoms with Gasteiger partial charge in [0.2, 0.25) is 5.95 Å². The second-order valence-corrected chi connectivity index (χ2v) is 5.89. The number of hydrogen-bond donors (Lipinski definition) is 1. The van der Waals surface area contributed by atoms with E-state index in [9.17, 15) is 13.2 Å². The lowest BCUT2D eigenvalue weighted by atomic mass is 9.95. The van der Waals surface area contributed by atoms with E-state index in [1.165, 1.54) is 19.0 Å². The summed E-state index contributed by atoms with van der Waals surface area (Å²) in [4.78, 5) is 7.59. The molecule has 1 aromatic rings. The Hall–Kier alpha value is -1.04. The van der Waals surface area contributed by atoms with Gasteiger partial charge in [-0.2, -0.15) is 13.2 Å². The highest BCUT2D eigenvalue weighted by Gasteiger charge is 2.40. The number of nitrogens with one attached hydrogen (secondary N) is 1. The van der Waals surface area contributed by atoms with E-state index < -0.39 is 11.9 Å². The van der Waals surface area contributed by atoms with Crippen molar-refractivity contribution in [3.63, 3.8) is 0 Å². The molecule has 0 aromatic carbocycles. The van der Waals surface area contributed by atoms with Crippen LogP contribution in [0.25, 0.3) is 0 Å². The molecule has 2 aliphatic rings. The van der Waals surface area contributed by atoms with Gasteiger partial charge in [0.1, 0.15) is 0 Å². The number of alkyl halides is 4. The van der Waals surface area contributed by atoms with Crippen molar-refractivity contribution >= 4 is 17.5 Å². The topological polar surface area (TPSA) is 37.8 Å². The zero-order valence-corrected chi connectivity index (χ0v) is 11.5. The van der Waals surface area contributed by atoms with Crippen LogP contribution in [-0.4, -0.2) is 16.0 Å². The maximum Gasteiger partial charge on any atom is 0.433 e. The maximum atomic E-state index is 12.9. The first kappa shape index (κ1) is 13.9. The molecule has 1 N–H and O–H groups in total. The van der Waals surface area contributed by atoms with Gasteiger partial charge >= 0.3 is 6.18 Å². The van der Waals surface area contributed by atoms with Crippen molar-refractivity contribution in [2.75, 3.05) is 5.32 Å². The fourth-order valence-electron chi connectivity index (χ4n) is 3.41. The molecule has 0 aliphatic heterocycles. The van der Waals surface area contributed by atoms with Crippen molar-refractivity contribution in [3.05, 3.63) is 17.5 Å². The van der Waals surface area contributed by atoms with E-state index >= 15 is 0 Å². The predicted molar refractivity (Wildman–Crippen MR) is 69.4 cm³/mol. The molecule has 1 heterocycles. The molecule has 110 valence electrons. The average Bonchev–Trinajstić information content (AvgIpc) is 3.00. The summed E-state index contributed by atoms with van der Waals surface area (Å²) in [6.07, 6.45) is 1.23. The summed E-state index contributed by atoms with van der Waals surface area (Å²) in [5, 5.41) is 3.07. The molecule has 0 radical (unpaired) electrons. The third-order valence-corrected chi connectivity index (χ3v) is 4.62. The highest BCUT2D eigenvalue weighted by Crippen LogP contribution is 2.45. The fourth-order valence-corrected chi connectivity index (χ4v) is 3.60. The summed E-state index contributed by atoms with van der Waals surface area (Å²) < 4.78 is 38.7. The maximum absolute atomic E-state index is 12.9. The highest BCUT2D eigenvalue weighted by atomic mass is 35.5. The van der Waals surface area contributed by atoms with Gasteiger partial charge in [-0.15, -0.1) is 11.6 Å². The van der Waals surface area contributed by atoms with E-state index in [1.807, 2.05) is 0 Å². The molecule has 3 atom stereocenters. The second kappa shape index (κ2) is 5.06. The van der Waals surface area contributed by atoms with E-state index in [2.05, 4.69) is 15.3 Å². The zero-order valence-electron chi connectivity index (χ0n) is 10.8. The van der Waals surface area contributed by atoms with Gasteiger partial charge in [-0.3, -0.25) is 0 Å². The Labute approximate surface area is 119 Å². The Balaban J connectivity index is 1.80. The van der Waals surface area contributed by atoms with Crippen molar-refractivity contribution in [2.24, 2.45) is 11.8 Å². The molecule has 1 aromatic heterocycles. The normalized spacial score (nSPS) is 28.9. The van der Waals surface area contributed by atoms with Gasteiger partial charge in [-0.25, -0.2) is 9.97 Å². The lowest BCUT2D eigenvalue weighted by Crippen LogP contribution is -2.27. The van der Waals surface area contributed by atoms with Crippen LogP contribution >= 0.6 is 11.6 Å². The van der Waals surface area contributed by atoms with Crippen LogP contribution in [0.3, 0.4) is 0 Å². The quantitative estimate of drug-likeness (QED) is 0.862. The van der Waals surface area contributed by atoms with Crippen LogP contribution in [0.1, 0.15) is 36.9 Å². The van der Waals surface area contributed by atoms with Gasteiger partial charge in [-0.1, -0.05) is 6.42 Å². The van der Waals surface area contributed by atoms with Crippen molar-refractivity contribution in [1.29, 1.82) is 0 Å². The van der Waals surface area contributed by atoms with Crippen LogP contribution in [0.2, 0.25) is 0 Å². The van der Waals surface area contributed by atoms with Crippen molar-refractivity contribution in [3.8, 4) is 0 Å². The number of hydrogen-bond acceptors (Lipinski definition) is 3. The number of rotatable bonds is 3. The Kier molecular flexibility index (Phi) is 3.52. The van der Waals surface area contributed by atoms with E-state index in [1.54, 1.807) is 0 Å². The number of nitrogens with zero attached hydrogens (tertiary/aromatic N) is 2. The van der Waals surface area contributed by atoms with Gasteiger partial charge < -0.3 is 5.32 Å². The summed E-state index contributed by atoms with van der Waals surface area (Å²) in [5.41, 5.74) is -1.02. The zero-order chi connectivity index (χ0) is 14.3. The molecule has 3 nitrogen and oxygen atoms in total. The lowest BCUT2D eigenvalue weighted by Gasteiger charge is -2.23. The van der Waals surface area contributed by atoms with E-state index in [0.717, 1.165) is 12.8 Å². The van der Waals surface area contributed by atoms with E-state index in [4.69, 9.17) is 11.6 Å². The smallest absolute Gasteiger partial charge is 0.351 e. The molecule has 0 saturated heterocycles. The van der Waals surface area contributed by atoms with Crippen LogP contribution in [-0.2, 0) is 12.1 Å². The van der Waals surface area contributed by atoms with Gasteiger partial charge in [0.05, 0.1) is 5.88 Å². The Bertz CT molecular complexity index is 506. The first-order valence-electron chi connectivity index (χ1n) is 6.73. The highest BCUT2D eigenvalue weighted by molar-refractivity contribution is 6.17. The Morgan fingerprint density at radius 2 is 2.10 bits per heavy atom. The number of anilines is 1. The largest absolute Gasteiger partial charge is 0.433 e. The molecule has 3 rings (SSSR count). The Morgan fingerprint density at radius 1 is 1.30 bits per heavy atom. The first-order valence-corrected chi connectivity index (χ1v) is 7.26. The van der Waals surface area contributed by atoms with Crippen LogP contribution < -0.4 is 5.32 Å². The molecule has 0 unspecified atom stereocenters. The van der Waals surface area contributed by atoms with Gasteiger partial charge in [-0.05, 0) is 31.1 Å². The van der Waals surface area contributed by atoms with Gasteiger partial charge in [0.25, 0.3) is 0 Å². The summed E-state index contributed by atoms with van der Waals surface area (Å²) in [6, 6.07) is 0.205. The Morgan fingerprint density at radius 3 is 2.65 bits per heavy atom. The summed E-state index contributed by atoms with van der Waals surface area (Å²) in [7, 11) is 0. The minimum absolute atomic E-state index is 0.0590. The number of fused-ring (bicyclic) bond motifs is 2. The number of halogens is 4. The molecular weight excluding hydrogens is 291 g/mol. The van der Waals surface area contributed by atoms with E-state index in [-0.39, 0.29) is 23.4 Å². The van der Waals surface area contributed by atoms with Gasteiger partial charge in [0, 0.05) is 17.8 Å². The minimum Gasteiger partial charge on any atom is -0.351 e. The fraction of sp³-hybridized carbons (Fsp3) is 0.692.